The molecule has 10 amide bonds. The Morgan fingerprint density at radius 3 is 0.777 bits per heavy atom. The van der Waals surface area contributed by atoms with E-state index in [1.807, 2.05) is 62.3 Å². The van der Waals surface area contributed by atoms with Gasteiger partial charge in [-0.15, -0.1) is 0 Å². The van der Waals surface area contributed by atoms with Gasteiger partial charge in [0.2, 0.25) is 59.1 Å². The molecule has 0 aromatic heterocycles. The van der Waals surface area contributed by atoms with Gasteiger partial charge >= 0.3 is 5.97 Å². The number of carbonyl (C=O) groups excluding carboxylic acids is 10. The molecule has 0 saturated heterocycles. The van der Waals surface area contributed by atoms with Crippen molar-refractivity contribution in [1.82, 2.24) is 53.2 Å². The predicted octanol–water partition coefficient (Wildman–Crippen LogP) is 1.17. The molecule has 0 saturated carbocycles. The van der Waals surface area contributed by atoms with Crippen LogP contribution < -0.4 is 87.6 Å². The average Bonchev–Trinajstić information content (AvgIpc) is 0.880. The quantitative estimate of drug-likeness (QED) is 0.0380. The standard InChI is InChI=1S/C66H128N16O12/c1-13-42(10)53(82-62(89)51(37-40(6)7)77-58(85)46(27-17-22-32-68)73-56(83)45(72)26-16-21-31-67)63(90)76-47(28-18-23-33-69)57(84)74-48(29-19-24-34-70)59(86)80-54(43(11)14-2)64(91)78-50(36-39(4)5)61(88)75-49(30-20-25-35-71)60(87)81-55(44(12)15-3)65(92)79-52(66(93)94)38-41(8)9/h39-55H,13-38,67-72H2,1-12H3,(H,73,83)(H,74,84)(H,75,88)(H,76,90)(H,77,85)(H,78,91)(H,79,92)(H,80,86)(H,81,87)(H,82,89)(H,93,94)/t42-,43-,44-,45-,46-,47-,48-,49-,50-,51-,52-,53-,54-,55-/m0/s1. The molecule has 0 aromatic carbocycles. The molecule has 23 N–H and O–H groups in total. The number of rotatable bonds is 53. The number of amides is 10. The van der Waals surface area contributed by atoms with Gasteiger partial charge in [-0.05, 0) is 177 Å². The first kappa shape index (κ1) is 87.9. The zero-order chi connectivity index (χ0) is 71.6. The van der Waals surface area contributed by atoms with Crippen molar-refractivity contribution in [1.29, 1.82) is 0 Å². The summed E-state index contributed by atoms with van der Waals surface area (Å²) in [5.41, 5.74) is 35.1. The molecule has 0 spiro atoms. The van der Waals surface area contributed by atoms with Crippen molar-refractivity contribution >= 4 is 65.0 Å². The molecular weight excluding hydrogens is 1210 g/mol. The Morgan fingerprint density at radius 2 is 0.500 bits per heavy atom. The number of nitrogens with one attached hydrogen (secondary N) is 10. The minimum absolute atomic E-state index is 0.0591. The number of nitrogens with two attached hydrogens (primary N) is 6. The molecule has 28 nitrogen and oxygen atoms in total. The van der Waals surface area contributed by atoms with Gasteiger partial charge in [-0.25, -0.2) is 4.79 Å². The van der Waals surface area contributed by atoms with Crippen LogP contribution in [0.2, 0.25) is 0 Å². The van der Waals surface area contributed by atoms with Crippen molar-refractivity contribution in [3.63, 3.8) is 0 Å². The lowest BCUT2D eigenvalue weighted by atomic mass is 9.95. The van der Waals surface area contributed by atoms with Crippen LogP contribution in [0.4, 0.5) is 0 Å². The second-order valence-corrected chi connectivity index (χ2v) is 26.8. The van der Waals surface area contributed by atoms with Crippen LogP contribution in [0, 0.1) is 35.5 Å². The lowest BCUT2D eigenvalue weighted by molar-refractivity contribution is -0.143. The predicted molar refractivity (Wildman–Crippen MR) is 366 cm³/mol. The summed E-state index contributed by atoms with van der Waals surface area (Å²) in [6.07, 6.45) is 7.51. The van der Waals surface area contributed by atoms with E-state index in [0.29, 0.717) is 110 Å². The van der Waals surface area contributed by atoms with Crippen LogP contribution in [0.15, 0.2) is 0 Å². The van der Waals surface area contributed by atoms with Gasteiger partial charge in [-0.2, -0.15) is 0 Å². The summed E-state index contributed by atoms with van der Waals surface area (Å²) in [7, 11) is 0. The second-order valence-electron chi connectivity index (χ2n) is 26.8. The number of hydrogen-bond acceptors (Lipinski definition) is 17. The number of carboxylic acids is 1. The van der Waals surface area contributed by atoms with Gasteiger partial charge in [0, 0.05) is 0 Å². The number of carbonyl (C=O) groups is 11. The average molecular weight is 1340 g/mol. The molecule has 14 atom stereocenters. The fraction of sp³-hybridized carbons (Fsp3) is 0.833. The summed E-state index contributed by atoms with van der Waals surface area (Å²) in [6.45, 7) is 23.4. The Hall–Kier alpha value is -6.07. The summed E-state index contributed by atoms with van der Waals surface area (Å²) in [5, 5.41) is 37.8. The molecule has 0 aliphatic heterocycles. The maximum atomic E-state index is 14.7. The number of hydrogen-bond donors (Lipinski definition) is 17. The van der Waals surface area contributed by atoms with Crippen molar-refractivity contribution < 1.29 is 57.8 Å². The maximum absolute atomic E-state index is 14.7. The van der Waals surface area contributed by atoms with Gasteiger partial charge in [0.15, 0.2) is 0 Å². The van der Waals surface area contributed by atoms with Gasteiger partial charge in [0.05, 0.1) is 6.04 Å². The van der Waals surface area contributed by atoms with E-state index in [-0.39, 0.29) is 75.8 Å². The first-order valence-electron chi connectivity index (χ1n) is 34.9. The van der Waals surface area contributed by atoms with E-state index in [9.17, 15) is 57.8 Å². The molecule has 0 bridgehead atoms. The minimum atomic E-state index is -1.26. The zero-order valence-corrected chi connectivity index (χ0v) is 59.1. The van der Waals surface area contributed by atoms with E-state index in [1.54, 1.807) is 20.8 Å². The highest BCUT2D eigenvalue weighted by molar-refractivity contribution is 5.99. The van der Waals surface area contributed by atoms with E-state index >= 15 is 0 Å². The van der Waals surface area contributed by atoms with Crippen molar-refractivity contribution in [2.45, 2.75) is 284 Å². The number of unbranched alkanes of at least 4 members (excludes halogenated alkanes) is 5. The molecular formula is C66H128N16O12. The highest BCUT2D eigenvalue weighted by atomic mass is 16.4. The second kappa shape index (κ2) is 49.5. The molecule has 0 unspecified atom stereocenters. The molecule has 28 heteroatoms. The number of carboxylic acid groups (broad SMARTS) is 1. The molecule has 544 valence electrons. The lowest BCUT2D eigenvalue weighted by Gasteiger charge is -2.31. The van der Waals surface area contributed by atoms with Gasteiger partial charge in [0.25, 0.3) is 0 Å². The molecule has 0 aliphatic rings. The monoisotopic (exact) mass is 1340 g/mol. The molecule has 0 heterocycles. The third-order valence-corrected chi connectivity index (χ3v) is 17.0. The summed E-state index contributed by atoms with van der Waals surface area (Å²) >= 11 is 0. The van der Waals surface area contributed by atoms with Crippen LogP contribution in [-0.4, -0.2) is 169 Å². The van der Waals surface area contributed by atoms with Crippen LogP contribution in [0.5, 0.6) is 0 Å². The Labute approximate surface area is 561 Å². The Balaban J connectivity index is 7.10. The molecule has 0 fully saturated rings. The Bertz CT molecular complexity index is 2280. The van der Waals surface area contributed by atoms with Crippen LogP contribution >= 0.6 is 0 Å². The fourth-order valence-corrected chi connectivity index (χ4v) is 10.5. The smallest absolute Gasteiger partial charge is 0.326 e. The van der Waals surface area contributed by atoms with Crippen LogP contribution in [-0.2, 0) is 52.7 Å². The van der Waals surface area contributed by atoms with Crippen molar-refractivity contribution in [3.05, 3.63) is 0 Å². The van der Waals surface area contributed by atoms with Crippen LogP contribution in [0.25, 0.3) is 0 Å². The molecule has 94 heavy (non-hydrogen) atoms. The summed E-state index contributed by atoms with van der Waals surface area (Å²) < 4.78 is 0. The van der Waals surface area contributed by atoms with Gasteiger partial charge < -0.3 is 92.7 Å². The minimum Gasteiger partial charge on any atom is -0.480 e. The third-order valence-electron chi connectivity index (χ3n) is 17.0. The van der Waals surface area contributed by atoms with E-state index in [1.165, 1.54) is 0 Å². The van der Waals surface area contributed by atoms with Crippen molar-refractivity contribution in [2.75, 3.05) is 32.7 Å². The van der Waals surface area contributed by atoms with Crippen molar-refractivity contribution in [2.24, 2.45) is 69.9 Å². The Kier molecular flexibility index (Phi) is 46.3. The van der Waals surface area contributed by atoms with Gasteiger partial charge in [-0.1, -0.05) is 109 Å². The summed E-state index contributed by atoms with van der Waals surface area (Å²) in [4.78, 5) is 155. The van der Waals surface area contributed by atoms with E-state index < -0.39 is 149 Å². The van der Waals surface area contributed by atoms with Gasteiger partial charge in [0.1, 0.15) is 60.4 Å². The van der Waals surface area contributed by atoms with E-state index in [0.717, 1.165) is 0 Å². The summed E-state index contributed by atoms with van der Waals surface area (Å²) in [5.74, 6) is -9.79. The van der Waals surface area contributed by atoms with E-state index in [2.05, 4.69) is 53.2 Å². The lowest BCUT2D eigenvalue weighted by Crippen LogP contribution is -2.62. The first-order valence-corrected chi connectivity index (χ1v) is 34.9. The molecule has 0 rings (SSSR count). The Morgan fingerprint density at radius 1 is 0.287 bits per heavy atom. The maximum Gasteiger partial charge on any atom is 0.326 e. The van der Waals surface area contributed by atoms with Crippen LogP contribution in [0.3, 0.4) is 0 Å². The topological polar surface area (TPSA) is 484 Å². The molecule has 0 aliphatic carbocycles. The van der Waals surface area contributed by atoms with E-state index in [4.69, 9.17) is 34.4 Å². The normalized spacial score (nSPS) is 16.0. The largest absolute Gasteiger partial charge is 0.480 e. The highest BCUT2D eigenvalue weighted by Gasteiger charge is 2.39. The van der Waals surface area contributed by atoms with Gasteiger partial charge in [-0.3, -0.25) is 47.9 Å². The van der Waals surface area contributed by atoms with Crippen LogP contribution in [0.1, 0.15) is 218 Å². The van der Waals surface area contributed by atoms with Crippen molar-refractivity contribution in [3.8, 4) is 0 Å². The number of aliphatic carboxylic acids is 1. The molecule has 0 aromatic rings. The first-order chi connectivity index (χ1) is 44.4. The third kappa shape index (κ3) is 35.1. The highest BCUT2D eigenvalue weighted by Crippen LogP contribution is 2.18. The zero-order valence-electron chi connectivity index (χ0n) is 59.1. The fourth-order valence-electron chi connectivity index (χ4n) is 10.5. The summed E-state index contributed by atoms with van der Waals surface area (Å²) in [6, 6.07) is -12.8. The molecule has 0 radical (unpaired) electrons. The SMILES string of the molecule is CC[C@H](C)[C@H](NC(=O)[C@H](CCCCN)NC(=O)[C@H](CC(C)C)NC(=O)[C@@H](NC(=O)[C@H](CCCCN)NC(=O)[C@H](CCCCN)NC(=O)[C@@H](NC(=O)[C@H](CC(C)C)NC(=O)[C@H](CCCCN)NC(=O)[C@@H](N)CCCCN)[C@@H](C)CC)[C@@H](C)CC)C(=O)N[C@@H](CC(C)C)C(=O)O.